The molecule has 4 rings (SSSR count). The fourth-order valence-corrected chi connectivity index (χ4v) is 3.19. The van der Waals surface area contributed by atoms with Gasteiger partial charge >= 0.3 is 0 Å². The minimum Gasteiger partial charge on any atom is -0.455 e. The van der Waals surface area contributed by atoms with E-state index in [0.29, 0.717) is 41.0 Å². The number of aryl methyl sites for hydroxylation is 4. The van der Waals surface area contributed by atoms with E-state index in [2.05, 4.69) is 35.9 Å². The van der Waals surface area contributed by atoms with Crippen LogP contribution in [-0.4, -0.2) is 30.6 Å². The maximum Gasteiger partial charge on any atom is 0.174 e. The first-order valence-corrected chi connectivity index (χ1v) is 9.80. The van der Waals surface area contributed by atoms with Crippen molar-refractivity contribution >= 4 is 23.1 Å². The third-order valence-corrected chi connectivity index (χ3v) is 4.83. The zero-order valence-corrected chi connectivity index (χ0v) is 17.3. The Bertz CT molecular complexity index is 1150. The van der Waals surface area contributed by atoms with Gasteiger partial charge in [-0.05, 0) is 62.2 Å². The molecule has 0 unspecified atom stereocenters. The summed E-state index contributed by atoms with van der Waals surface area (Å²) in [7, 11) is 0. The van der Waals surface area contributed by atoms with Crippen LogP contribution in [0.4, 0.5) is 11.5 Å². The van der Waals surface area contributed by atoms with Crippen molar-refractivity contribution in [3.8, 4) is 11.5 Å². The molecule has 0 aliphatic carbocycles. The Labute approximate surface area is 178 Å². The van der Waals surface area contributed by atoms with Gasteiger partial charge in [-0.3, -0.25) is 4.98 Å². The van der Waals surface area contributed by atoms with Crippen molar-refractivity contribution < 1.29 is 4.74 Å². The second kappa shape index (κ2) is 8.87. The molecule has 0 aliphatic heterocycles. The van der Waals surface area contributed by atoms with Gasteiger partial charge in [0.25, 0.3) is 0 Å². The van der Waals surface area contributed by atoms with Crippen LogP contribution in [0.2, 0.25) is 5.02 Å². The molecule has 4 aromatic rings. The molecule has 0 saturated heterocycles. The molecule has 3 heterocycles. The SMILES string of the molecule is Cc1ccc(Oc2ccnc(Nc3ccc(Cl)c(CCc4nn[nH]n4)c3)c2)c(C)n1. The molecule has 30 heavy (non-hydrogen) atoms. The highest BCUT2D eigenvalue weighted by molar-refractivity contribution is 6.31. The third-order valence-electron chi connectivity index (χ3n) is 4.46. The fraction of sp³-hybridized carbons (Fsp3) is 0.190. The first kappa shape index (κ1) is 19.8. The fourth-order valence-electron chi connectivity index (χ4n) is 2.98. The second-order valence-corrected chi connectivity index (χ2v) is 7.18. The molecule has 9 heteroatoms. The topological polar surface area (TPSA) is 102 Å². The van der Waals surface area contributed by atoms with E-state index < -0.39 is 0 Å². The molecule has 0 amide bonds. The summed E-state index contributed by atoms with van der Waals surface area (Å²) in [5.41, 5.74) is 3.65. The van der Waals surface area contributed by atoms with E-state index in [-0.39, 0.29) is 0 Å². The van der Waals surface area contributed by atoms with Crippen LogP contribution in [0, 0.1) is 13.8 Å². The molecule has 0 radical (unpaired) electrons. The molecule has 0 aliphatic rings. The summed E-state index contributed by atoms with van der Waals surface area (Å²) in [5.74, 6) is 2.70. The average molecular weight is 422 g/mol. The van der Waals surface area contributed by atoms with Crippen LogP contribution in [0.15, 0.2) is 48.7 Å². The highest BCUT2D eigenvalue weighted by atomic mass is 35.5. The number of halogens is 1. The third kappa shape index (κ3) is 4.90. The van der Waals surface area contributed by atoms with E-state index >= 15 is 0 Å². The van der Waals surface area contributed by atoms with Crippen molar-refractivity contribution in [3.05, 3.63) is 76.5 Å². The molecule has 0 saturated carbocycles. The number of hydrogen-bond acceptors (Lipinski definition) is 7. The quantitative estimate of drug-likeness (QED) is 0.450. The maximum atomic E-state index is 6.35. The maximum absolute atomic E-state index is 6.35. The Morgan fingerprint density at radius 1 is 1.07 bits per heavy atom. The van der Waals surface area contributed by atoms with E-state index in [1.54, 1.807) is 6.20 Å². The minimum atomic E-state index is 0.644. The summed E-state index contributed by atoms with van der Waals surface area (Å²) in [5, 5.41) is 18.0. The molecule has 3 aromatic heterocycles. The van der Waals surface area contributed by atoms with Crippen molar-refractivity contribution in [3.63, 3.8) is 0 Å². The number of aromatic nitrogens is 6. The van der Waals surface area contributed by atoms with E-state index in [1.165, 1.54) is 0 Å². The van der Waals surface area contributed by atoms with Gasteiger partial charge in [-0.1, -0.05) is 16.8 Å². The predicted octanol–water partition coefficient (Wildman–Crippen LogP) is 4.58. The number of hydrogen-bond donors (Lipinski definition) is 2. The lowest BCUT2D eigenvalue weighted by Gasteiger charge is -2.12. The van der Waals surface area contributed by atoms with E-state index in [1.807, 2.05) is 56.3 Å². The predicted molar refractivity (Wildman–Crippen MR) is 114 cm³/mol. The highest BCUT2D eigenvalue weighted by Gasteiger charge is 2.08. The molecule has 152 valence electrons. The van der Waals surface area contributed by atoms with Crippen molar-refractivity contribution in [2.75, 3.05) is 5.32 Å². The Balaban J connectivity index is 1.47. The molecule has 0 atom stereocenters. The molecule has 2 N–H and O–H groups in total. The summed E-state index contributed by atoms with van der Waals surface area (Å²) in [6.45, 7) is 3.88. The normalized spacial score (nSPS) is 10.8. The molecule has 1 aromatic carbocycles. The monoisotopic (exact) mass is 421 g/mol. The smallest absolute Gasteiger partial charge is 0.174 e. The number of anilines is 2. The largest absolute Gasteiger partial charge is 0.455 e. The second-order valence-electron chi connectivity index (χ2n) is 6.77. The van der Waals surface area contributed by atoms with Gasteiger partial charge in [0.05, 0.1) is 5.69 Å². The van der Waals surface area contributed by atoms with Crippen LogP contribution in [0.1, 0.15) is 22.8 Å². The minimum absolute atomic E-state index is 0.644. The lowest BCUT2D eigenvalue weighted by molar-refractivity contribution is 0.475. The van der Waals surface area contributed by atoms with E-state index in [9.17, 15) is 0 Å². The van der Waals surface area contributed by atoms with Crippen LogP contribution < -0.4 is 10.1 Å². The average Bonchev–Trinajstić information content (AvgIpc) is 3.24. The lowest BCUT2D eigenvalue weighted by Crippen LogP contribution is -1.98. The zero-order valence-electron chi connectivity index (χ0n) is 16.6. The van der Waals surface area contributed by atoms with Crippen LogP contribution in [-0.2, 0) is 12.8 Å². The van der Waals surface area contributed by atoms with Gasteiger partial charge in [0.1, 0.15) is 17.3 Å². The number of nitrogens with one attached hydrogen (secondary N) is 2. The summed E-state index contributed by atoms with van der Waals surface area (Å²) in [6.07, 6.45) is 3.04. The zero-order chi connectivity index (χ0) is 20.9. The lowest BCUT2D eigenvalue weighted by atomic mass is 10.1. The summed E-state index contributed by atoms with van der Waals surface area (Å²) >= 11 is 6.35. The Morgan fingerprint density at radius 3 is 2.77 bits per heavy atom. The summed E-state index contributed by atoms with van der Waals surface area (Å²) in [4.78, 5) is 8.81. The van der Waals surface area contributed by atoms with Crippen molar-refractivity contribution in [1.29, 1.82) is 0 Å². The van der Waals surface area contributed by atoms with Crippen molar-refractivity contribution in [1.82, 2.24) is 30.6 Å². The van der Waals surface area contributed by atoms with Gasteiger partial charge in [-0.25, -0.2) is 4.98 Å². The van der Waals surface area contributed by atoms with Gasteiger partial charge in [0.15, 0.2) is 5.82 Å². The number of rotatable bonds is 7. The van der Waals surface area contributed by atoms with Gasteiger partial charge in [-0.15, -0.1) is 10.2 Å². The number of nitrogens with zero attached hydrogens (tertiary/aromatic N) is 5. The van der Waals surface area contributed by atoms with Crippen LogP contribution in [0.25, 0.3) is 0 Å². The Kier molecular flexibility index (Phi) is 5.85. The van der Waals surface area contributed by atoms with Gasteiger partial charge in [0.2, 0.25) is 0 Å². The molecular weight excluding hydrogens is 402 g/mol. The first-order chi connectivity index (χ1) is 14.6. The molecule has 8 nitrogen and oxygen atoms in total. The standard InChI is InChI=1S/C21H20ClN7O/c1-13-3-7-19(14(2)24-13)30-17-9-10-23-21(12-17)25-16-5-6-18(22)15(11-16)4-8-20-26-28-29-27-20/h3,5-7,9-12H,4,8H2,1-2H3,(H,23,25)(H,26,27,28,29). The van der Waals surface area contributed by atoms with Gasteiger partial charge in [-0.2, -0.15) is 5.21 Å². The number of H-pyrrole nitrogens is 1. The Morgan fingerprint density at radius 2 is 1.97 bits per heavy atom. The number of benzene rings is 1. The summed E-state index contributed by atoms with van der Waals surface area (Å²) < 4.78 is 5.98. The van der Waals surface area contributed by atoms with Crippen molar-refractivity contribution in [2.45, 2.75) is 26.7 Å². The molecule has 0 fully saturated rings. The number of aromatic amines is 1. The van der Waals surface area contributed by atoms with Crippen molar-refractivity contribution in [2.24, 2.45) is 0 Å². The number of pyridine rings is 2. The molecule has 0 bridgehead atoms. The van der Waals surface area contributed by atoms with E-state index in [4.69, 9.17) is 16.3 Å². The Hall–Kier alpha value is -3.52. The number of ether oxygens (including phenoxy) is 1. The van der Waals surface area contributed by atoms with E-state index in [0.717, 1.165) is 22.6 Å². The van der Waals surface area contributed by atoms with Gasteiger partial charge in [0, 0.05) is 35.1 Å². The summed E-state index contributed by atoms with van der Waals surface area (Å²) in [6, 6.07) is 13.2. The molecular formula is C21H20ClN7O. The first-order valence-electron chi connectivity index (χ1n) is 9.43. The molecule has 0 spiro atoms. The van der Waals surface area contributed by atoms with Crippen LogP contribution in [0.3, 0.4) is 0 Å². The number of tetrazole rings is 1. The highest BCUT2D eigenvalue weighted by Crippen LogP contribution is 2.28. The van der Waals surface area contributed by atoms with Crippen LogP contribution in [0.5, 0.6) is 11.5 Å². The van der Waals surface area contributed by atoms with Gasteiger partial charge < -0.3 is 10.1 Å². The van der Waals surface area contributed by atoms with Crippen LogP contribution >= 0.6 is 11.6 Å².